The summed E-state index contributed by atoms with van der Waals surface area (Å²) in [5.41, 5.74) is 0.471. The lowest BCUT2D eigenvalue weighted by Gasteiger charge is -2.30. The molecule has 0 unspecified atom stereocenters. The molecule has 0 radical (unpaired) electrons. The Kier molecular flexibility index (Phi) is 4.22. The van der Waals surface area contributed by atoms with Gasteiger partial charge in [-0.1, -0.05) is 0 Å². The van der Waals surface area contributed by atoms with E-state index >= 15 is 0 Å². The van der Waals surface area contributed by atoms with Gasteiger partial charge in [0.15, 0.2) is 0 Å². The first-order chi connectivity index (χ1) is 11.3. The lowest BCUT2D eigenvalue weighted by atomic mass is 10.1. The van der Waals surface area contributed by atoms with Crippen LogP contribution >= 0.6 is 11.8 Å². The van der Waals surface area contributed by atoms with Gasteiger partial charge in [0, 0.05) is 43.5 Å². The van der Waals surface area contributed by atoms with Crippen molar-refractivity contribution in [1.29, 1.82) is 0 Å². The van der Waals surface area contributed by atoms with Crippen molar-refractivity contribution in [2.75, 3.05) is 24.7 Å². The number of carbonyl (C=O) groups is 1. The third-order valence-corrected chi connectivity index (χ3v) is 5.63. The second kappa shape index (κ2) is 6.49. The molecule has 4 heterocycles. The van der Waals surface area contributed by atoms with Gasteiger partial charge in [-0.25, -0.2) is 9.97 Å². The highest BCUT2D eigenvalue weighted by molar-refractivity contribution is 7.99. The number of hydrogen-bond donors (Lipinski definition) is 0. The van der Waals surface area contributed by atoms with Gasteiger partial charge in [0.1, 0.15) is 5.69 Å². The van der Waals surface area contributed by atoms with Crippen LogP contribution in [0, 0.1) is 0 Å². The number of amides is 1. The molecule has 2 aliphatic heterocycles. The maximum atomic E-state index is 13.0. The van der Waals surface area contributed by atoms with Crippen LogP contribution in [0.15, 0.2) is 24.7 Å². The molecule has 2 atom stereocenters. The molecule has 0 N–H and O–H groups in total. The second-order valence-electron chi connectivity index (χ2n) is 6.06. The summed E-state index contributed by atoms with van der Waals surface area (Å²) in [6, 6.07) is 2.12. The van der Waals surface area contributed by atoms with Crippen molar-refractivity contribution in [1.82, 2.24) is 19.3 Å². The smallest absolute Gasteiger partial charge is 0.274 e. The van der Waals surface area contributed by atoms with Crippen LogP contribution in [-0.4, -0.2) is 62.0 Å². The maximum Gasteiger partial charge on any atom is 0.274 e. The predicted molar refractivity (Wildman–Crippen MR) is 88.7 cm³/mol. The number of fused-ring (bicyclic) bond motifs is 1. The Hall–Kier alpha value is -1.60. The Labute approximate surface area is 139 Å². The summed E-state index contributed by atoms with van der Waals surface area (Å²) in [4.78, 5) is 23.6. The SMILES string of the molecule is O=C(c1cn2cccnc2n1)N(C[C@@H]1CCCO1)[C@@H]1CCSC1. The minimum absolute atomic E-state index is 0.00139. The zero-order valence-electron chi connectivity index (χ0n) is 12.9. The molecule has 4 rings (SSSR count). The van der Waals surface area contributed by atoms with Gasteiger partial charge in [0.25, 0.3) is 5.91 Å². The summed E-state index contributed by atoms with van der Waals surface area (Å²) in [6.45, 7) is 1.48. The summed E-state index contributed by atoms with van der Waals surface area (Å²) >= 11 is 1.91. The Bertz CT molecular complexity index is 659. The van der Waals surface area contributed by atoms with E-state index in [4.69, 9.17) is 4.74 Å². The molecule has 0 saturated carbocycles. The Morgan fingerprint density at radius 3 is 3.17 bits per heavy atom. The topological polar surface area (TPSA) is 59.7 Å². The highest BCUT2D eigenvalue weighted by Gasteiger charge is 2.32. The van der Waals surface area contributed by atoms with Gasteiger partial charge in [-0.2, -0.15) is 11.8 Å². The van der Waals surface area contributed by atoms with Gasteiger partial charge in [-0.15, -0.1) is 0 Å². The van der Waals surface area contributed by atoms with E-state index in [1.807, 2.05) is 28.9 Å². The highest BCUT2D eigenvalue weighted by Crippen LogP contribution is 2.25. The number of nitrogens with zero attached hydrogens (tertiary/aromatic N) is 4. The van der Waals surface area contributed by atoms with E-state index in [9.17, 15) is 4.79 Å². The van der Waals surface area contributed by atoms with Crippen molar-refractivity contribution in [3.63, 3.8) is 0 Å². The number of ether oxygens (including phenoxy) is 1. The molecule has 1 amide bonds. The van der Waals surface area contributed by atoms with Crippen molar-refractivity contribution in [2.45, 2.75) is 31.4 Å². The second-order valence-corrected chi connectivity index (χ2v) is 7.21. The molecule has 6 nitrogen and oxygen atoms in total. The van der Waals surface area contributed by atoms with Gasteiger partial charge in [0.05, 0.1) is 6.10 Å². The highest BCUT2D eigenvalue weighted by atomic mass is 32.2. The molecule has 0 bridgehead atoms. The summed E-state index contributed by atoms with van der Waals surface area (Å²) in [5.74, 6) is 2.68. The number of hydrogen-bond acceptors (Lipinski definition) is 5. The van der Waals surface area contributed by atoms with Gasteiger partial charge in [-0.05, 0) is 31.1 Å². The Morgan fingerprint density at radius 2 is 2.43 bits per heavy atom. The van der Waals surface area contributed by atoms with Crippen molar-refractivity contribution in [3.05, 3.63) is 30.4 Å². The lowest BCUT2D eigenvalue weighted by molar-refractivity contribution is 0.0438. The molecule has 0 aliphatic carbocycles. The van der Waals surface area contributed by atoms with Crippen LogP contribution in [0.2, 0.25) is 0 Å². The van der Waals surface area contributed by atoms with Gasteiger partial charge in [-0.3, -0.25) is 9.20 Å². The summed E-state index contributed by atoms with van der Waals surface area (Å²) in [5, 5.41) is 0. The molecule has 2 fully saturated rings. The molecule has 2 aromatic heterocycles. The van der Waals surface area contributed by atoms with Gasteiger partial charge >= 0.3 is 0 Å². The van der Waals surface area contributed by atoms with Crippen molar-refractivity contribution >= 4 is 23.4 Å². The summed E-state index contributed by atoms with van der Waals surface area (Å²) in [6.07, 6.45) is 8.67. The largest absolute Gasteiger partial charge is 0.376 e. The fourth-order valence-electron chi connectivity index (χ4n) is 3.25. The third-order valence-electron chi connectivity index (χ3n) is 4.49. The zero-order valence-corrected chi connectivity index (χ0v) is 13.7. The van der Waals surface area contributed by atoms with E-state index in [1.165, 1.54) is 0 Å². The molecule has 0 spiro atoms. The first-order valence-corrected chi connectivity index (χ1v) is 9.27. The Balaban J connectivity index is 1.59. The van der Waals surface area contributed by atoms with Crippen LogP contribution in [0.5, 0.6) is 0 Å². The monoisotopic (exact) mass is 332 g/mol. The van der Waals surface area contributed by atoms with Crippen molar-refractivity contribution in [3.8, 4) is 0 Å². The maximum absolute atomic E-state index is 13.0. The van der Waals surface area contributed by atoms with Crippen LogP contribution in [-0.2, 0) is 4.74 Å². The number of carbonyl (C=O) groups excluding carboxylic acids is 1. The number of imidazole rings is 1. The number of aromatic nitrogens is 3. The quantitative estimate of drug-likeness (QED) is 0.855. The molecule has 23 heavy (non-hydrogen) atoms. The van der Waals surface area contributed by atoms with E-state index in [2.05, 4.69) is 9.97 Å². The van der Waals surface area contributed by atoms with Crippen molar-refractivity contribution in [2.24, 2.45) is 0 Å². The molecule has 122 valence electrons. The molecular weight excluding hydrogens is 312 g/mol. The minimum atomic E-state index is -0.00139. The standard InChI is InChI=1S/C16H20N4O2S/c21-15(14-10-19-6-2-5-17-16(19)18-14)20(12-4-8-23-11-12)9-13-3-1-7-22-13/h2,5-6,10,12-13H,1,3-4,7-9,11H2/t12-,13+/m1/s1. The van der Waals surface area contributed by atoms with E-state index in [0.717, 1.165) is 37.4 Å². The van der Waals surface area contributed by atoms with E-state index < -0.39 is 0 Å². The molecule has 2 saturated heterocycles. The average Bonchev–Trinajstić information content (AvgIpc) is 3.32. The molecule has 7 heteroatoms. The summed E-state index contributed by atoms with van der Waals surface area (Å²) in [7, 11) is 0. The van der Waals surface area contributed by atoms with Gasteiger partial charge in [0.2, 0.25) is 5.78 Å². The molecule has 2 aromatic rings. The predicted octanol–water partition coefficient (Wildman–Crippen LogP) is 1.86. The normalized spacial score (nSPS) is 24.3. The van der Waals surface area contributed by atoms with E-state index in [-0.39, 0.29) is 18.1 Å². The fourth-order valence-corrected chi connectivity index (χ4v) is 4.48. The average molecular weight is 332 g/mol. The third kappa shape index (κ3) is 3.07. The van der Waals surface area contributed by atoms with Crippen LogP contribution in [0.25, 0.3) is 5.78 Å². The minimum Gasteiger partial charge on any atom is -0.376 e. The van der Waals surface area contributed by atoms with E-state index in [1.54, 1.807) is 16.8 Å². The first kappa shape index (κ1) is 15.0. The number of thioether (sulfide) groups is 1. The fraction of sp³-hybridized carbons (Fsp3) is 0.562. The lowest BCUT2D eigenvalue weighted by Crippen LogP contribution is -2.44. The first-order valence-electron chi connectivity index (χ1n) is 8.11. The summed E-state index contributed by atoms with van der Waals surface area (Å²) < 4.78 is 7.54. The zero-order chi connectivity index (χ0) is 15.6. The van der Waals surface area contributed by atoms with Crippen LogP contribution in [0.3, 0.4) is 0 Å². The van der Waals surface area contributed by atoms with E-state index in [0.29, 0.717) is 18.0 Å². The van der Waals surface area contributed by atoms with Crippen LogP contribution in [0.4, 0.5) is 0 Å². The van der Waals surface area contributed by atoms with Crippen LogP contribution in [0.1, 0.15) is 29.8 Å². The van der Waals surface area contributed by atoms with Crippen LogP contribution < -0.4 is 0 Å². The Morgan fingerprint density at radius 1 is 1.48 bits per heavy atom. The van der Waals surface area contributed by atoms with Gasteiger partial charge < -0.3 is 9.64 Å². The number of rotatable bonds is 4. The molecular formula is C16H20N4O2S. The molecule has 2 aliphatic rings. The molecule has 0 aromatic carbocycles. The van der Waals surface area contributed by atoms with Crippen molar-refractivity contribution < 1.29 is 9.53 Å².